The predicted octanol–water partition coefficient (Wildman–Crippen LogP) is 1.19. The molecule has 0 amide bonds. The van der Waals surface area contributed by atoms with Crippen LogP contribution in [0, 0.1) is 0 Å². The van der Waals surface area contributed by atoms with Crippen molar-refractivity contribution in [1.82, 2.24) is 4.31 Å². The summed E-state index contributed by atoms with van der Waals surface area (Å²) in [6.45, 7) is 0.538. The number of aliphatic hydroxyl groups excluding tert-OH is 1. The van der Waals surface area contributed by atoms with Gasteiger partial charge in [0.1, 0.15) is 0 Å². The summed E-state index contributed by atoms with van der Waals surface area (Å²) in [4.78, 5) is 0.270. The third-order valence-corrected chi connectivity index (χ3v) is 5.49. The van der Waals surface area contributed by atoms with Gasteiger partial charge in [-0.3, -0.25) is 0 Å². The minimum Gasteiger partial charge on any atom is -0.399 e. The van der Waals surface area contributed by atoms with E-state index in [1.807, 2.05) is 0 Å². The average molecular weight is 284 g/mol. The lowest BCUT2D eigenvalue weighted by Crippen LogP contribution is -2.44. The second kappa shape index (κ2) is 5.90. The first-order valence-electron chi connectivity index (χ1n) is 6.54. The van der Waals surface area contributed by atoms with Crippen molar-refractivity contribution in [2.45, 2.75) is 36.6 Å². The summed E-state index contributed by atoms with van der Waals surface area (Å²) in [6.07, 6.45) is 3.19. The average Bonchev–Trinajstić information content (AvgIpc) is 2.40. The van der Waals surface area contributed by atoms with Gasteiger partial charge in [0.15, 0.2) is 0 Å². The summed E-state index contributed by atoms with van der Waals surface area (Å²) < 4.78 is 26.7. The van der Waals surface area contributed by atoms with Crippen molar-refractivity contribution in [3.63, 3.8) is 0 Å². The molecule has 1 aliphatic rings. The monoisotopic (exact) mass is 284 g/mol. The fourth-order valence-electron chi connectivity index (χ4n) is 2.50. The number of nitrogen functional groups attached to an aromatic ring is 1. The van der Waals surface area contributed by atoms with E-state index in [1.54, 1.807) is 12.1 Å². The number of sulfonamides is 1. The number of aliphatic hydroxyl groups is 1. The molecule has 6 heteroatoms. The van der Waals surface area contributed by atoms with Gasteiger partial charge in [0.2, 0.25) is 10.0 Å². The van der Waals surface area contributed by atoms with Gasteiger partial charge in [-0.15, -0.1) is 0 Å². The molecule has 0 aromatic heterocycles. The molecule has 0 aliphatic carbocycles. The van der Waals surface area contributed by atoms with Crippen molar-refractivity contribution >= 4 is 15.7 Å². The Kier molecular flexibility index (Phi) is 4.44. The molecule has 106 valence electrons. The largest absolute Gasteiger partial charge is 0.399 e. The molecular weight excluding hydrogens is 264 g/mol. The lowest BCUT2D eigenvalue weighted by atomic mass is 10.0. The highest BCUT2D eigenvalue weighted by Crippen LogP contribution is 2.27. The molecular formula is C13H20N2O3S. The molecule has 5 nitrogen and oxygen atoms in total. The van der Waals surface area contributed by atoms with Gasteiger partial charge in [-0.1, -0.05) is 6.42 Å². The number of piperidine rings is 1. The van der Waals surface area contributed by atoms with Crippen molar-refractivity contribution in [1.29, 1.82) is 0 Å². The summed E-state index contributed by atoms with van der Waals surface area (Å²) in [7, 11) is -3.48. The highest BCUT2D eigenvalue weighted by Gasteiger charge is 2.32. The van der Waals surface area contributed by atoms with Crippen LogP contribution in [0.3, 0.4) is 0 Å². The van der Waals surface area contributed by atoms with E-state index in [0.29, 0.717) is 18.7 Å². The van der Waals surface area contributed by atoms with Crippen LogP contribution in [-0.2, 0) is 10.0 Å². The zero-order chi connectivity index (χ0) is 13.9. The van der Waals surface area contributed by atoms with Gasteiger partial charge in [0.05, 0.1) is 4.90 Å². The highest BCUT2D eigenvalue weighted by atomic mass is 32.2. The molecule has 1 aliphatic heterocycles. The van der Waals surface area contributed by atoms with E-state index >= 15 is 0 Å². The Morgan fingerprint density at radius 1 is 1.26 bits per heavy atom. The minimum atomic E-state index is -3.48. The normalized spacial score (nSPS) is 21.4. The maximum atomic E-state index is 12.6. The zero-order valence-corrected chi connectivity index (χ0v) is 11.6. The predicted molar refractivity (Wildman–Crippen MR) is 74.1 cm³/mol. The first-order valence-corrected chi connectivity index (χ1v) is 7.98. The van der Waals surface area contributed by atoms with Crippen LogP contribution in [0.2, 0.25) is 0 Å². The number of hydrogen-bond donors (Lipinski definition) is 2. The fraction of sp³-hybridized carbons (Fsp3) is 0.538. The van der Waals surface area contributed by atoms with Crippen molar-refractivity contribution in [2.24, 2.45) is 0 Å². The van der Waals surface area contributed by atoms with E-state index in [4.69, 9.17) is 10.8 Å². The van der Waals surface area contributed by atoms with E-state index in [-0.39, 0.29) is 17.5 Å². The molecule has 1 unspecified atom stereocenters. The Morgan fingerprint density at radius 2 is 1.95 bits per heavy atom. The molecule has 0 saturated carbocycles. The van der Waals surface area contributed by atoms with E-state index in [1.165, 1.54) is 16.4 Å². The summed E-state index contributed by atoms with van der Waals surface area (Å²) in [5.74, 6) is 0. The fourth-order valence-corrected chi connectivity index (χ4v) is 4.23. The Labute approximate surface area is 114 Å². The van der Waals surface area contributed by atoms with Crippen LogP contribution in [0.4, 0.5) is 5.69 Å². The lowest BCUT2D eigenvalue weighted by Gasteiger charge is -2.34. The highest BCUT2D eigenvalue weighted by molar-refractivity contribution is 7.89. The third-order valence-electron chi connectivity index (χ3n) is 3.52. The number of anilines is 1. The van der Waals surface area contributed by atoms with E-state index < -0.39 is 10.0 Å². The molecule has 19 heavy (non-hydrogen) atoms. The van der Waals surface area contributed by atoms with Gasteiger partial charge in [0.25, 0.3) is 0 Å². The first-order chi connectivity index (χ1) is 9.05. The summed E-state index contributed by atoms with van der Waals surface area (Å²) >= 11 is 0. The number of nitrogens with two attached hydrogens (primary N) is 1. The zero-order valence-electron chi connectivity index (χ0n) is 10.8. The van der Waals surface area contributed by atoms with E-state index in [2.05, 4.69) is 0 Å². The van der Waals surface area contributed by atoms with Crippen molar-refractivity contribution in [2.75, 3.05) is 18.9 Å². The Balaban J connectivity index is 2.28. The van der Waals surface area contributed by atoms with Crippen LogP contribution in [0.15, 0.2) is 29.2 Å². The molecule has 3 N–H and O–H groups in total. The van der Waals surface area contributed by atoms with Crippen LogP contribution in [-0.4, -0.2) is 37.0 Å². The van der Waals surface area contributed by atoms with E-state index in [0.717, 1.165) is 19.3 Å². The number of nitrogens with zero attached hydrogens (tertiary/aromatic N) is 1. The van der Waals surface area contributed by atoms with Crippen molar-refractivity contribution in [3.8, 4) is 0 Å². The molecule has 1 saturated heterocycles. The summed E-state index contributed by atoms with van der Waals surface area (Å²) in [5.41, 5.74) is 6.13. The number of benzene rings is 1. The third kappa shape index (κ3) is 3.08. The second-order valence-electron chi connectivity index (χ2n) is 4.85. The number of hydrogen-bond acceptors (Lipinski definition) is 4. The van der Waals surface area contributed by atoms with Gasteiger partial charge in [-0.05, 0) is 43.5 Å². The summed E-state index contributed by atoms with van der Waals surface area (Å²) in [6, 6.07) is 6.17. The number of rotatable bonds is 4. The molecule has 1 aromatic carbocycles. The summed E-state index contributed by atoms with van der Waals surface area (Å²) in [5, 5.41) is 9.07. The molecule has 0 radical (unpaired) electrons. The molecule has 1 aromatic rings. The van der Waals surface area contributed by atoms with Gasteiger partial charge < -0.3 is 10.8 Å². The van der Waals surface area contributed by atoms with Crippen LogP contribution in [0.1, 0.15) is 25.7 Å². The van der Waals surface area contributed by atoms with Crippen LogP contribution >= 0.6 is 0 Å². The Bertz CT molecular complexity index is 511. The Morgan fingerprint density at radius 3 is 2.58 bits per heavy atom. The van der Waals surface area contributed by atoms with Gasteiger partial charge in [-0.2, -0.15) is 4.31 Å². The topological polar surface area (TPSA) is 83.6 Å². The van der Waals surface area contributed by atoms with Crippen LogP contribution in [0.5, 0.6) is 0 Å². The SMILES string of the molecule is Nc1ccc(S(=O)(=O)N2CCCCC2CCO)cc1. The molecule has 1 heterocycles. The van der Waals surface area contributed by atoms with Gasteiger partial charge in [-0.25, -0.2) is 8.42 Å². The molecule has 0 spiro atoms. The molecule has 2 rings (SSSR count). The quantitative estimate of drug-likeness (QED) is 0.814. The first kappa shape index (κ1) is 14.3. The lowest BCUT2D eigenvalue weighted by molar-refractivity contribution is 0.192. The standard InChI is InChI=1S/C13H20N2O3S/c14-11-4-6-13(7-5-11)19(17,18)15-9-2-1-3-12(15)8-10-16/h4-7,12,16H,1-3,8-10,14H2. The van der Waals surface area contributed by atoms with Crippen LogP contribution in [0.25, 0.3) is 0 Å². The van der Waals surface area contributed by atoms with Crippen molar-refractivity contribution < 1.29 is 13.5 Å². The van der Waals surface area contributed by atoms with E-state index in [9.17, 15) is 8.42 Å². The Hall–Kier alpha value is -1.11. The smallest absolute Gasteiger partial charge is 0.243 e. The van der Waals surface area contributed by atoms with Gasteiger partial charge in [0, 0.05) is 24.9 Å². The molecule has 1 fully saturated rings. The van der Waals surface area contributed by atoms with Crippen LogP contribution < -0.4 is 5.73 Å². The minimum absolute atomic E-state index is 0.0123. The second-order valence-corrected chi connectivity index (χ2v) is 6.74. The van der Waals surface area contributed by atoms with Crippen molar-refractivity contribution in [3.05, 3.63) is 24.3 Å². The maximum Gasteiger partial charge on any atom is 0.243 e. The van der Waals surface area contributed by atoms with Gasteiger partial charge >= 0.3 is 0 Å². The molecule has 0 bridgehead atoms. The molecule has 1 atom stereocenters. The maximum absolute atomic E-state index is 12.6.